The molecule has 0 unspecified atom stereocenters. The first-order valence-electron chi connectivity index (χ1n) is 15.1. The third kappa shape index (κ3) is 8.18. The van der Waals surface area contributed by atoms with Crippen LogP contribution >= 0.6 is 0 Å². The third-order valence-corrected chi connectivity index (χ3v) is 7.86. The number of anilines is 1. The maximum absolute atomic E-state index is 13.8. The van der Waals surface area contributed by atoms with E-state index in [4.69, 9.17) is 29.8 Å². The van der Waals surface area contributed by atoms with E-state index in [1.54, 1.807) is 54.5 Å². The molecule has 3 aliphatic rings. The van der Waals surface area contributed by atoms with Gasteiger partial charge >= 0.3 is 0 Å². The summed E-state index contributed by atoms with van der Waals surface area (Å²) in [7, 11) is 1.56. The minimum absolute atomic E-state index is 0.151. The Bertz CT molecular complexity index is 1780. The quantitative estimate of drug-likeness (QED) is 0.235. The second-order valence-electron chi connectivity index (χ2n) is 11.0. The highest BCUT2D eigenvalue weighted by Gasteiger charge is 2.35. The first-order valence-corrected chi connectivity index (χ1v) is 15.1. The number of fused-ring (bicyclic) bond motifs is 7. The second kappa shape index (κ2) is 15.5. The number of ether oxygens (including phenoxy) is 3. The Morgan fingerprint density at radius 3 is 2.58 bits per heavy atom. The van der Waals surface area contributed by atoms with Crippen molar-refractivity contribution >= 4 is 30.0 Å². The lowest BCUT2D eigenvalue weighted by Crippen LogP contribution is -2.58. The SMILES string of the molecule is COc1ccc2cc1-c1cccc(c1)OCC(=O)NCc1ccc(cc1)O[C@@H]1CCN(C(=O)c3ccnc(N)c3)C[C@H]1NC2=O.O=CO. The number of carbonyl (C=O) groups is 4. The molecule has 0 radical (unpaired) electrons. The van der Waals surface area contributed by atoms with Gasteiger partial charge in [0.1, 0.15) is 29.2 Å². The van der Waals surface area contributed by atoms with E-state index in [0.717, 1.165) is 11.1 Å². The van der Waals surface area contributed by atoms with Gasteiger partial charge in [0, 0.05) is 48.9 Å². The van der Waals surface area contributed by atoms with E-state index in [1.165, 1.54) is 6.20 Å². The van der Waals surface area contributed by atoms with Crippen molar-refractivity contribution < 1.29 is 38.5 Å². The van der Waals surface area contributed by atoms with Crippen molar-refractivity contribution in [3.05, 3.63) is 102 Å². The maximum Gasteiger partial charge on any atom is 0.290 e. The molecule has 5 N–H and O–H groups in total. The number of methoxy groups -OCH3 is 1. The van der Waals surface area contributed by atoms with Crippen molar-refractivity contribution in [1.29, 1.82) is 0 Å². The summed E-state index contributed by atoms with van der Waals surface area (Å²) in [6, 6.07) is 22.5. The molecule has 0 aliphatic carbocycles. The van der Waals surface area contributed by atoms with Crippen molar-refractivity contribution in [3.63, 3.8) is 0 Å². The smallest absolute Gasteiger partial charge is 0.290 e. The lowest BCUT2D eigenvalue weighted by atomic mass is 9.98. The number of aromatic nitrogens is 1. The number of rotatable bonds is 2. The van der Waals surface area contributed by atoms with Crippen LogP contribution in [0.2, 0.25) is 0 Å². The first-order chi connectivity index (χ1) is 23.3. The van der Waals surface area contributed by atoms with Gasteiger partial charge in [0.2, 0.25) is 0 Å². The fourth-order valence-corrected chi connectivity index (χ4v) is 5.50. The van der Waals surface area contributed by atoms with Gasteiger partial charge in [0.15, 0.2) is 6.61 Å². The molecular weight excluding hydrogens is 618 g/mol. The Morgan fingerprint density at radius 2 is 1.83 bits per heavy atom. The van der Waals surface area contributed by atoms with Gasteiger partial charge in [-0.15, -0.1) is 0 Å². The zero-order valence-electron chi connectivity index (χ0n) is 26.1. The van der Waals surface area contributed by atoms with Crippen LogP contribution in [-0.2, 0) is 16.1 Å². The first kappa shape index (κ1) is 33.3. The minimum atomic E-state index is -0.527. The molecule has 48 heavy (non-hydrogen) atoms. The molecule has 4 aromatic rings. The molecule has 1 saturated heterocycles. The Morgan fingerprint density at radius 1 is 1.04 bits per heavy atom. The lowest BCUT2D eigenvalue weighted by Gasteiger charge is -2.39. The number of benzene rings is 3. The predicted octanol–water partition coefficient (Wildman–Crippen LogP) is 3.14. The summed E-state index contributed by atoms with van der Waals surface area (Å²) >= 11 is 0. The molecule has 248 valence electrons. The number of likely N-dealkylation sites (tertiary alicyclic amines) is 1. The number of hydrogen-bond acceptors (Lipinski definition) is 9. The van der Waals surface area contributed by atoms with Crippen LogP contribution in [0.1, 0.15) is 32.7 Å². The number of hydrogen-bond donors (Lipinski definition) is 4. The Labute approximate surface area is 276 Å². The number of amides is 3. The molecule has 1 fully saturated rings. The molecule has 0 spiro atoms. The second-order valence-corrected chi connectivity index (χ2v) is 11.0. The van der Waals surface area contributed by atoms with Gasteiger partial charge in [-0.05, 0) is 65.7 Å². The largest absolute Gasteiger partial charge is 0.496 e. The molecule has 3 aromatic carbocycles. The molecular formula is C35H35N5O8. The fourth-order valence-electron chi connectivity index (χ4n) is 5.50. The zero-order valence-corrected chi connectivity index (χ0v) is 26.1. The van der Waals surface area contributed by atoms with E-state index in [-0.39, 0.29) is 43.2 Å². The highest BCUT2D eigenvalue weighted by molar-refractivity contribution is 5.97. The molecule has 3 aliphatic heterocycles. The van der Waals surface area contributed by atoms with Crippen LogP contribution in [0.3, 0.4) is 0 Å². The summed E-state index contributed by atoms with van der Waals surface area (Å²) in [6.07, 6.45) is 1.57. The third-order valence-electron chi connectivity index (χ3n) is 7.86. The summed E-state index contributed by atoms with van der Waals surface area (Å²) in [4.78, 5) is 53.7. The van der Waals surface area contributed by atoms with E-state index in [2.05, 4.69) is 15.6 Å². The van der Waals surface area contributed by atoms with Crippen LogP contribution in [0.25, 0.3) is 11.1 Å². The number of nitrogens with zero attached hydrogens (tertiary/aromatic N) is 2. The number of pyridine rings is 1. The van der Waals surface area contributed by atoms with Gasteiger partial charge in [-0.25, -0.2) is 4.98 Å². The van der Waals surface area contributed by atoms with Crippen LogP contribution < -0.4 is 30.6 Å². The van der Waals surface area contributed by atoms with Crippen LogP contribution in [0.5, 0.6) is 17.2 Å². The molecule has 0 saturated carbocycles. The Kier molecular flexibility index (Phi) is 10.7. The monoisotopic (exact) mass is 653 g/mol. The van der Waals surface area contributed by atoms with E-state index >= 15 is 0 Å². The van der Waals surface area contributed by atoms with Gasteiger partial charge in [-0.1, -0.05) is 24.3 Å². The van der Waals surface area contributed by atoms with Crippen LogP contribution in [0.15, 0.2) is 85.1 Å². The zero-order chi connectivity index (χ0) is 34.0. The number of nitrogens with one attached hydrogen (secondary N) is 2. The number of nitrogens with two attached hydrogens (primary N) is 1. The van der Waals surface area contributed by atoms with Crippen molar-refractivity contribution in [3.8, 4) is 28.4 Å². The van der Waals surface area contributed by atoms with E-state index < -0.39 is 12.1 Å². The Hall–Kier alpha value is -6.11. The van der Waals surface area contributed by atoms with Crippen molar-refractivity contribution in [2.24, 2.45) is 0 Å². The van der Waals surface area contributed by atoms with Crippen molar-refractivity contribution in [1.82, 2.24) is 20.5 Å². The molecule has 13 heteroatoms. The molecule has 4 heterocycles. The number of carboxylic acid groups (broad SMARTS) is 1. The summed E-state index contributed by atoms with van der Waals surface area (Å²) in [6.45, 7) is 0.573. The Balaban J connectivity index is 0.00000145. The summed E-state index contributed by atoms with van der Waals surface area (Å²) in [5.41, 5.74) is 8.97. The van der Waals surface area contributed by atoms with E-state index in [0.29, 0.717) is 53.4 Å². The highest BCUT2D eigenvalue weighted by Crippen LogP contribution is 2.33. The molecule has 13 nitrogen and oxygen atoms in total. The van der Waals surface area contributed by atoms with Crippen molar-refractivity contribution in [2.45, 2.75) is 25.1 Å². The molecule has 6 bridgehead atoms. The van der Waals surface area contributed by atoms with Gasteiger partial charge < -0.3 is 40.6 Å². The van der Waals surface area contributed by atoms with Gasteiger partial charge in [-0.3, -0.25) is 19.2 Å². The van der Waals surface area contributed by atoms with Gasteiger partial charge in [0.05, 0.1) is 13.2 Å². The lowest BCUT2D eigenvalue weighted by molar-refractivity contribution is -0.123. The maximum atomic E-state index is 13.8. The summed E-state index contributed by atoms with van der Waals surface area (Å²) < 4.78 is 17.8. The molecule has 3 amide bonds. The average Bonchev–Trinajstić information content (AvgIpc) is 3.10. The fraction of sp³-hybridized carbons (Fsp3) is 0.229. The predicted molar refractivity (Wildman–Crippen MR) is 176 cm³/mol. The van der Waals surface area contributed by atoms with Crippen LogP contribution in [-0.4, -0.2) is 78.1 Å². The van der Waals surface area contributed by atoms with Gasteiger partial charge in [0.25, 0.3) is 24.2 Å². The van der Waals surface area contributed by atoms with E-state index in [1.807, 2.05) is 36.4 Å². The van der Waals surface area contributed by atoms with E-state index in [9.17, 15) is 14.4 Å². The molecule has 1 aromatic heterocycles. The minimum Gasteiger partial charge on any atom is -0.496 e. The van der Waals surface area contributed by atoms with Gasteiger partial charge in [-0.2, -0.15) is 0 Å². The normalized spacial score (nSPS) is 17.5. The summed E-state index contributed by atoms with van der Waals surface area (Å²) in [5, 5.41) is 12.9. The van der Waals surface area contributed by atoms with Crippen LogP contribution in [0, 0.1) is 0 Å². The number of piperidine rings is 1. The van der Waals surface area contributed by atoms with Crippen LogP contribution in [0.4, 0.5) is 5.82 Å². The standard InChI is InChI=1S/C34H33N5O6.CH2O2/c1-43-29-10-7-23-16-27(29)22-3-2-4-26(15-22)44-20-32(40)37-18-21-5-8-25(9-6-21)45-30-12-14-39(19-28(30)38-33(23)41)34(42)24-11-13-36-31(35)17-24;2-1-3/h2-11,13,15-17,28,30H,12,14,18-20H2,1H3,(H2,35,36)(H,37,40)(H,38,41);1H,(H,2,3)/t28-,30-;/m1./s1. The number of nitrogen functional groups attached to an aromatic ring is 1. The molecule has 2 atom stereocenters. The summed E-state index contributed by atoms with van der Waals surface area (Å²) in [5.74, 6) is 1.15. The van der Waals surface area contributed by atoms with Crippen molar-refractivity contribution in [2.75, 3.05) is 32.5 Å². The highest BCUT2D eigenvalue weighted by atomic mass is 16.5. The average molecular weight is 654 g/mol. The topological polar surface area (TPSA) is 182 Å². The molecule has 7 rings (SSSR count). The number of carbonyl (C=O) groups excluding carboxylic acids is 3.